The minimum Gasteiger partial charge on any atom is -0.480 e. The lowest BCUT2D eigenvalue weighted by molar-refractivity contribution is -0.140. The van der Waals surface area contributed by atoms with E-state index in [1.165, 1.54) is 0 Å². The zero-order valence-electron chi connectivity index (χ0n) is 11.6. The molecule has 6 heteroatoms. The highest BCUT2D eigenvalue weighted by atomic mass is 32.2. The van der Waals surface area contributed by atoms with E-state index in [0.29, 0.717) is 5.92 Å². The molecule has 0 saturated heterocycles. The normalized spacial score (nSPS) is 31.8. The molecule has 5 nitrogen and oxygen atoms in total. The van der Waals surface area contributed by atoms with Crippen LogP contribution in [0.3, 0.4) is 0 Å². The van der Waals surface area contributed by atoms with Gasteiger partial charge in [-0.1, -0.05) is 13.8 Å². The maximum Gasteiger partial charge on any atom is 0.321 e. The first-order chi connectivity index (χ1) is 8.73. The Morgan fingerprint density at radius 2 is 1.95 bits per heavy atom. The van der Waals surface area contributed by atoms with E-state index in [1.54, 1.807) is 13.8 Å². The van der Waals surface area contributed by atoms with Crippen LogP contribution in [-0.2, 0) is 14.8 Å². The number of hydrogen-bond acceptors (Lipinski definition) is 3. The zero-order chi connectivity index (χ0) is 14.3. The number of sulfonamides is 1. The van der Waals surface area contributed by atoms with E-state index < -0.39 is 22.0 Å². The van der Waals surface area contributed by atoms with Crippen molar-refractivity contribution in [3.8, 4) is 0 Å². The van der Waals surface area contributed by atoms with Crippen molar-refractivity contribution in [1.29, 1.82) is 0 Å². The maximum absolute atomic E-state index is 12.2. The minimum atomic E-state index is -3.53. The van der Waals surface area contributed by atoms with Crippen LogP contribution in [0.25, 0.3) is 0 Å². The van der Waals surface area contributed by atoms with Crippen molar-refractivity contribution in [2.75, 3.05) is 5.75 Å². The summed E-state index contributed by atoms with van der Waals surface area (Å²) in [5.74, 6) is -0.584. The van der Waals surface area contributed by atoms with E-state index in [4.69, 9.17) is 5.11 Å². The Kier molecular flexibility index (Phi) is 3.93. The summed E-state index contributed by atoms with van der Waals surface area (Å²) in [7, 11) is -3.53. The van der Waals surface area contributed by atoms with Crippen molar-refractivity contribution < 1.29 is 18.3 Å². The number of hydrogen-bond donors (Lipinski definition) is 2. The van der Waals surface area contributed by atoms with Gasteiger partial charge in [-0.25, -0.2) is 13.1 Å². The smallest absolute Gasteiger partial charge is 0.321 e. The van der Waals surface area contributed by atoms with Gasteiger partial charge < -0.3 is 5.11 Å². The van der Waals surface area contributed by atoms with Crippen molar-refractivity contribution in [3.05, 3.63) is 0 Å². The minimum absolute atomic E-state index is 0.0868. The van der Waals surface area contributed by atoms with Gasteiger partial charge in [0.15, 0.2) is 0 Å². The molecule has 19 heavy (non-hydrogen) atoms. The second-order valence-corrected chi connectivity index (χ2v) is 8.34. The first-order valence-corrected chi connectivity index (χ1v) is 8.61. The fourth-order valence-electron chi connectivity index (χ4n) is 3.62. The molecule has 0 aromatic carbocycles. The van der Waals surface area contributed by atoms with Crippen LogP contribution in [0.15, 0.2) is 0 Å². The monoisotopic (exact) mass is 289 g/mol. The lowest BCUT2D eigenvalue weighted by Gasteiger charge is -2.27. The van der Waals surface area contributed by atoms with Crippen molar-refractivity contribution in [2.45, 2.75) is 52.0 Å². The lowest BCUT2D eigenvalue weighted by atomic mass is 9.87. The molecule has 0 amide bonds. The van der Waals surface area contributed by atoms with Gasteiger partial charge in [0.25, 0.3) is 0 Å². The third-order valence-electron chi connectivity index (χ3n) is 4.62. The summed E-state index contributed by atoms with van der Waals surface area (Å²) in [6.07, 6.45) is 5.19. The van der Waals surface area contributed by atoms with Crippen LogP contribution in [0.5, 0.6) is 0 Å². The highest BCUT2D eigenvalue weighted by molar-refractivity contribution is 7.89. The van der Waals surface area contributed by atoms with Crippen molar-refractivity contribution in [2.24, 2.45) is 17.3 Å². The van der Waals surface area contributed by atoms with Gasteiger partial charge in [0.05, 0.1) is 5.75 Å². The number of carboxylic acid groups (broad SMARTS) is 1. The Hall–Kier alpha value is -0.620. The lowest BCUT2D eigenvalue weighted by Crippen LogP contribution is -2.47. The Morgan fingerprint density at radius 1 is 1.37 bits per heavy atom. The molecule has 2 rings (SSSR count). The van der Waals surface area contributed by atoms with Crippen LogP contribution in [0.4, 0.5) is 0 Å². The molecule has 0 aliphatic heterocycles. The van der Waals surface area contributed by atoms with E-state index in [2.05, 4.69) is 4.72 Å². The first kappa shape index (κ1) is 14.8. The fraction of sp³-hybridized carbons (Fsp3) is 0.923. The standard InChI is InChI=1S/C13H23NO4S/c1-9(2)11(12(15)16)14-19(17,18)8-13-5-3-10(7-13)4-6-13/h9-11,14H,3-8H2,1-2H3,(H,15,16). The van der Waals surface area contributed by atoms with Gasteiger partial charge in [0.1, 0.15) is 6.04 Å². The Morgan fingerprint density at radius 3 is 2.32 bits per heavy atom. The molecule has 0 radical (unpaired) electrons. The highest BCUT2D eigenvalue weighted by Gasteiger charge is 2.47. The van der Waals surface area contributed by atoms with Crippen LogP contribution in [0.1, 0.15) is 46.0 Å². The summed E-state index contributed by atoms with van der Waals surface area (Å²) in [6.45, 7) is 3.42. The van der Waals surface area contributed by atoms with Crippen LogP contribution < -0.4 is 4.72 Å². The SMILES string of the molecule is CC(C)C(NS(=O)(=O)CC12CCC(CC1)C2)C(=O)O. The Balaban J connectivity index is 2.04. The van der Waals surface area contributed by atoms with Gasteiger partial charge >= 0.3 is 5.97 Å². The van der Waals surface area contributed by atoms with E-state index >= 15 is 0 Å². The summed E-state index contributed by atoms with van der Waals surface area (Å²) in [6, 6.07) is -1.03. The van der Waals surface area contributed by atoms with Gasteiger partial charge in [0, 0.05) is 0 Å². The number of carboxylic acids is 1. The second-order valence-electron chi connectivity index (χ2n) is 6.58. The van der Waals surface area contributed by atoms with Crippen LogP contribution in [0, 0.1) is 17.3 Å². The summed E-state index contributed by atoms with van der Waals surface area (Å²) in [4.78, 5) is 11.1. The molecular formula is C13H23NO4S. The topological polar surface area (TPSA) is 83.5 Å². The summed E-state index contributed by atoms with van der Waals surface area (Å²) in [5.41, 5.74) is -0.0868. The van der Waals surface area contributed by atoms with E-state index in [1.807, 2.05) is 0 Å². The quantitative estimate of drug-likeness (QED) is 0.778. The van der Waals surface area contributed by atoms with Crippen molar-refractivity contribution in [3.63, 3.8) is 0 Å². The Bertz CT molecular complexity index is 449. The molecular weight excluding hydrogens is 266 g/mol. The first-order valence-electron chi connectivity index (χ1n) is 6.96. The number of rotatable bonds is 6. The highest BCUT2D eigenvalue weighted by Crippen LogP contribution is 2.54. The maximum atomic E-state index is 12.2. The molecule has 0 aromatic heterocycles. The molecule has 2 aliphatic carbocycles. The molecule has 1 atom stereocenters. The van der Waals surface area contributed by atoms with Gasteiger partial charge in [0.2, 0.25) is 10.0 Å². The van der Waals surface area contributed by atoms with Gasteiger partial charge in [-0.3, -0.25) is 4.79 Å². The molecule has 0 spiro atoms. The predicted octanol–water partition coefficient (Wildman–Crippen LogP) is 1.60. The molecule has 110 valence electrons. The molecule has 0 aromatic rings. The van der Waals surface area contributed by atoms with Gasteiger partial charge in [-0.15, -0.1) is 0 Å². The largest absolute Gasteiger partial charge is 0.480 e. The Labute approximate surface area is 114 Å². The third-order valence-corrected chi connectivity index (χ3v) is 6.23. The second kappa shape index (κ2) is 5.05. The van der Waals surface area contributed by atoms with Crippen LogP contribution in [0.2, 0.25) is 0 Å². The molecule has 2 fully saturated rings. The van der Waals surface area contributed by atoms with Gasteiger partial charge in [-0.2, -0.15) is 0 Å². The number of carbonyl (C=O) groups is 1. The number of aliphatic carboxylic acids is 1. The van der Waals surface area contributed by atoms with E-state index in [0.717, 1.165) is 32.1 Å². The van der Waals surface area contributed by atoms with Crippen LogP contribution in [-0.4, -0.2) is 31.3 Å². The average molecular weight is 289 g/mol. The fourth-order valence-corrected chi connectivity index (χ4v) is 5.68. The van der Waals surface area contributed by atoms with E-state index in [-0.39, 0.29) is 17.1 Å². The third kappa shape index (κ3) is 3.28. The predicted molar refractivity (Wildman–Crippen MR) is 72.2 cm³/mol. The summed E-state index contributed by atoms with van der Waals surface area (Å²) >= 11 is 0. The number of fused-ring (bicyclic) bond motifs is 2. The van der Waals surface area contributed by atoms with Crippen LogP contribution >= 0.6 is 0 Å². The van der Waals surface area contributed by atoms with E-state index in [9.17, 15) is 13.2 Å². The molecule has 2 N–H and O–H groups in total. The molecule has 2 aliphatic rings. The van der Waals surface area contributed by atoms with Crippen molar-refractivity contribution >= 4 is 16.0 Å². The summed E-state index contributed by atoms with van der Waals surface area (Å²) in [5, 5.41) is 9.07. The van der Waals surface area contributed by atoms with Crippen molar-refractivity contribution in [1.82, 2.24) is 4.72 Å². The number of nitrogens with one attached hydrogen (secondary N) is 1. The molecule has 2 bridgehead atoms. The van der Waals surface area contributed by atoms with Gasteiger partial charge in [-0.05, 0) is 49.4 Å². The zero-order valence-corrected chi connectivity index (χ0v) is 12.4. The average Bonchev–Trinajstić information content (AvgIpc) is 2.83. The molecule has 2 saturated carbocycles. The molecule has 1 unspecified atom stereocenters. The molecule has 0 heterocycles. The summed E-state index contributed by atoms with van der Waals surface area (Å²) < 4.78 is 26.8.